The third-order valence-corrected chi connectivity index (χ3v) is 3.49. The summed E-state index contributed by atoms with van der Waals surface area (Å²) < 4.78 is 5.46. The Bertz CT molecular complexity index is 722. The predicted molar refractivity (Wildman–Crippen MR) is 82.7 cm³/mol. The summed E-state index contributed by atoms with van der Waals surface area (Å²) in [5.41, 5.74) is 8.53. The highest BCUT2D eigenvalue weighted by atomic mass is 16.5. The van der Waals surface area contributed by atoms with Gasteiger partial charge in [-0.05, 0) is 24.1 Å². The van der Waals surface area contributed by atoms with Crippen LogP contribution in [0.15, 0.2) is 59.1 Å². The lowest BCUT2D eigenvalue weighted by Gasteiger charge is -2.09. The lowest BCUT2D eigenvalue weighted by molar-refractivity contribution is 0.363. The Morgan fingerprint density at radius 1 is 1.10 bits per heavy atom. The van der Waals surface area contributed by atoms with Crippen molar-refractivity contribution in [2.24, 2.45) is 0 Å². The first-order chi connectivity index (χ1) is 10.3. The fraction of sp³-hybridized carbons (Fsp3) is 0.176. The van der Waals surface area contributed by atoms with Crippen LogP contribution in [0.25, 0.3) is 11.4 Å². The van der Waals surface area contributed by atoms with E-state index in [1.807, 2.05) is 42.5 Å². The first kappa shape index (κ1) is 13.4. The van der Waals surface area contributed by atoms with E-state index in [1.165, 1.54) is 5.56 Å². The summed E-state index contributed by atoms with van der Waals surface area (Å²) in [5, 5.41) is 4.08. The Kier molecular flexibility index (Phi) is 3.69. The van der Waals surface area contributed by atoms with Gasteiger partial charge in [0.1, 0.15) is 0 Å². The molecule has 1 atom stereocenters. The third kappa shape index (κ3) is 2.79. The molecular formula is C17H17N3O. The number of anilines is 1. The van der Waals surface area contributed by atoms with E-state index in [9.17, 15) is 0 Å². The van der Waals surface area contributed by atoms with Crippen molar-refractivity contribution in [1.29, 1.82) is 0 Å². The van der Waals surface area contributed by atoms with Crippen molar-refractivity contribution in [2.75, 3.05) is 5.73 Å². The van der Waals surface area contributed by atoms with Crippen LogP contribution in [0.1, 0.15) is 30.7 Å². The van der Waals surface area contributed by atoms with Crippen LogP contribution in [-0.2, 0) is 0 Å². The van der Waals surface area contributed by atoms with E-state index in [2.05, 4.69) is 29.2 Å². The molecule has 0 aliphatic rings. The van der Waals surface area contributed by atoms with Crippen molar-refractivity contribution in [3.63, 3.8) is 0 Å². The minimum absolute atomic E-state index is 0.119. The molecule has 2 aromatic carbocycles. The van der Waals surface area contributed by atoms with Crippen molar-refractivity contribution in [3.8, 4) is 11.4 Å². The zero-order chi connectivity index (χ0) is 14.7. The van der Waals surface area contributed by atoms with E-state index < -0.39 is 0 Å². The normalized spacial score (nSPS) is 12.2. The molecule has 0 saturated carbocycles. The van der Waals surface area contributed by atoms with Crippen LogP contribution in [0, 0.1) is 0 Å². The van der Waals surface area contributed by atoms with Gasteiger partial charge in [-0.1, -0.05) is 54.5 Å². The summed E-state index contributed by atoms with van der Waals surface area (Å²) in [7, 11) is 0. The Hall–Kier alpha value is -2.62. The zero-order valence-corrected chi connectivity index (χ0v) is 11.9. The second-order valence-electron chi connectivity index (χ2n) is 4.95. The molecule has 1 unspecified atom stereocenters. The molecule has 106 valence electrons. The summed E-state index contributed by atoms with van der Waals surface area (Å²) in [4.78, 5) is 4.54. The van der Waals surface area contributed by atoms with Gasteiger partial charge < -0.3 is 10.3 Å². The Balaban J connectivity index is 1.94. The van der Waals surface area contributed by atoms with Crippen molar-refractivity contribution in [3.05, 3.63) is 66.1 Å². The van der Waals surface area contributed by atoms with Crippen molar-refractivity contribution < 1.29 is 4.52 Å². The summed E-state index contributed by atoms with van der Waals surface area (Å²) >= 11 is 0. The molecular weight excluding hydrogens is 262 g/mol. The molecule has 0 bridgehead atoms. The molecule has 0 radical (unpaired) electrons. The highest BCUT2D eigenvalue weighted by molar-refractivity contribution is 5.60. The van der Waals surface area contributed by atoms with Crippen LogP contribution < -0.4 is 5.73 Å². The largest absolute Gasteiger partial charge is 0.399 e. The monoisotopic (exact) mass is 279 g/mol. The van der Waals surface area contributed by atoms with Gasteiger partial charge in [0.15, 0.2) is 0 Å². The van der Waals surface area contributed by atoms with Crippen LogP contribution in [0.4, 0.5) is 5.69 Å². The lowest BCUT2D eigenvalue weighted by atomic mass is 9.96. The third-order valence-electron chi connectivity index (χ3n) is 3.49. The summed E-state index contributed by atoms with van der Waals surface area (Å²) in [6.07, 6.45) is 0.905. The van der Waals surface area contributed by atoms with E-state index >= 15 is 0 Å². The minimum atomic E-state index is 0.119. The topological polar surface area (TPSA) is 64.9 Å². The second kappa shape index (κ2) is 5.79. The highest BCUT2D eigenvalue weighted by Gasteiger charge is 2.19. The number of nitrogens with zero attached hydrogens (tertiary/aromatic N) is 2. The van der Waals surface area contributed by atoms with Crippen LogP contribution in [0.2, 0.25) is 0 Å². The van der Waals surface area contributed by atoms with E-state index in [1.54, 1.807) is 0 Å². The SMILES string of the molecule is CCC(c1ccccc1)c1nc(-c2cccc(N)c2)no1. The maximum Gasteiger partial charge on any atom is 0.234 e. The van der Waals surface area contributed by atoms with Gasteiger partial charge in [0.2, 0.25) is 11.7 Å². The minimum Gasteiger partial charge on any atom is -0.399 e. The average molecular weight is 279 g/mol. The summed E-state index contributed by atoms with van der Waals surface area (Å²) in [6.45, 7) is 2.11. The molecule has 2 N–H and O–H groups in total. The van der Waals surface area contributed by atoms with Crippen LogP contribution in [0.5, 0.6) is 0 Å². The standard InChI is InChI=1S/C17H17N3O/c1-2-15(12-7-4-3-5-8-12)17-19-16(20-21-17)13-9-6-10-14(18)11-13/h3-11,15H,2,18H2,1H3. The summed E-state index contributed by atoms with van der Waals surface area (Å²) in [6, 6.07) is 17.7. The smallest absolute Gasteiger partial charge is 0.234 e. The molecule has 4 nitrogen and oxygen atoms in total. The number of benzene rings is 2. The van der Waals surface area contributed by atoms with E-state index in [-0.39, 0.29) is 5.92 Å². The fourth-order valence-electron chi connectivity index (χ4n) is 2.41. The Morgan fingerprint density at radius 2 is 1.90 bits per heavy atom. The van der Waals surface area contributed by atoms with Crippen molar-refractivity contribution in [1.82, 2.24) is 10.1 Å². The molecule has 0 fully saturated rings. The number of aromatic nitrogens is 2. The first-order valence-electron chi connectivity index (χ1n) is 7.02. The molecule has 1 heterocycles. The zero-order valence-electron chi connectivity index (χ0n) is 11.9. The number of nitrogen functional groups attached to an aromatic ring is 1. The number of nitrogens with two attached hydrogens (primary N) is 1. The van der Waals surface area contributed by atoms with Crippen molar-refractivity contribution in [2.45, 2.75) is 19.3 Å². The number of hydrogen-bond donors (Lipinski definition) is 1. The van der Waals surface area contributed by atoms with E-state index in [0.717, 1.165) is 12.0 Å². The number of rotatable bonds is 4. The predicted octanol–water partition coefficient (Wildman–Crippen LogP) is 3.86. The Labute approximate surface area is 123 Å². The molecule has 1 aromatic heterocycles. The van der Waals surface area contributed by atoms with Gasteiger partial charge in [-0.25, -0.2) is 0 Å². The first-order valence-corrected chi connectivity index (χ1v) is 7.02. The molecule has 21 heavy (non-hydrogen) atoms. The molecule has 0 aliphatic carbocycles. The molecule has 0 aliphatic heterocycles. The molecule has 4 heteroatoms. The van der Waals surface area contributed by atoms with Gasteiger partial charge in [-0.15, -0.1) is 0 Å². The van der Waals surface area contributed by atoms with Gasteiger partial charge in [-0.3, -0.25) is 0 Å². The Morgan fingerprint density at radius 3 is 2.62 bits per heavy atom. The van der Waals surface area contributed by atoms with Crippen LogP contribution >= 0.6 is 0 Å². The quantitative estimate of drug-likeness (QED) is 0.736. The van der Waals surface area contributed by atoms with E-state index in [0.29, 0.717) is 17.4 Å². The molecule has 3 rings (SSSR count). The fourth-order valence-corrected chi connectivity index (χ4v) is 2.41. The van der Waals surface area contributed by atoms with Crippen LogP contribution in [0.3, 0.4) is 0 Å². The van der Waals surface area contributed by atoms with Gasteiger partial charge >= 0.3 is 0 Å². The average Bonchev–Trinajstić information content (AvgIpc) is 2.99. The molecule has 0 spiro atoms. The maximum atomic E-state index is 5.79. The highest BCUT2D eigenvalue weighted by Crippen LogP contribution is 2.28. The van der Waals surface area contributed by atoms with Gasteiger partial charge in [-0.2, -0.15) is 4.98 Å². The van der Waals surface area contributed by atoms with Gasteiger partial charge in [0.25, 0.3) is 0 Å². The lowest BCUT2D eigenvalue weighted by Crippen LogP contribution is -1.99. The molecule has 3 aromatic rings. The van der Waals surface area contributed by atoms with Gasteiger partial charge in [0, 0.05) is 11.3 Å². The maximum absolute atomic E-state index is 5.79. The van der Waals surface area contributed by atoms with Gasteiger partial charge in [0.05, 0.1) is 5.92 Å². The number of hydrogen-bond acceptors (Lipinski definition) is 4. The van der Waals surface area contributed by atoms with E-state index in [4.69, 9.17) is 10.3 Å². The summed E-state index contributed by atoms with van der Waals surface area (Å²) in [5.74, 6) is 1.33. The second-order valence-corrected chi connectivity index (χ2v) is 4.95. The molecule has 0 saturated heterocycles. The molecule has 0 amide bonds. The van der Waals surface area contributed by atoms with Crippen LogP contribution in [-0.4, -0.2) is 10.1 Å². The van der Waals surface area contributed by atoms with Crippen molar-refractivity contribution >= 4 is 5.69 Å².